The third-order valence-electron chi connectivity index (χ3n) is 3.13. The van der Waals surface area contributed by atoms with Crippen molar-refractivity contribution in [3.8, 4) is 0 Å². The minimum atomic E-state index is -0.663. The number of imide groups is 1. The fraction of sp³-hybridized carbons (Fsp3) is 0.462. The van der Waals surface area contributed by atoms with Crippen molar-refractivity contribution in [1.82, 2.24) is 10.3 Å². The average Bonchev–Trinajstić information content (AvgIpc) is 2.30. The molecule has 2 rings (SSSR count). The molecule has 4 nitrogen and oxygen atoms in total. The highest BCUT2D eigenvalue weighted by atomic mass is 19.1. The molecule has 2 heterocycles. The standard InChI is InChI=1S/C13H15FN2O2/c1-7(2)8-5-10(14)12(15-6-8)9-3-4-11(17)16-13(9)18/h5-7,9H,3-4H2,1-2H3,(H,16,17,18)/t9-/m0/s1. The summed E-state index contributed by atoms with van der Waals surface area (Å²) in [4.78, 5) is 26.7. The molecule has 0 aromatic carbocycles. The maximum Gasteiger partial charge on any atom is 0.235 e. The first kappa shape index (κ1) is 12.7. The van der Waals surface area contributed by atoms with Crippen LogP contribution in [-0.2, 0) is 9.59 Å². The van der Waals surface area contributed by atoms with Crippen molar-refractivity contribution >= 4 is 11.8 Å². The molecule has 1 aromatic heterocycles. The topological polar surface area (TPSA) is 59.1 Å². The average molecular weight is 250 g/mol. The van der Waals surface area contributed by atoms with E-state index in [-0.39, 0.29) is 23.9 Å². The van der Waals surface area contributed by atoms with Gasteiger partial charge in [-0.05, 0) is 24.0 Å². The summed E-state index contributed by atoms with van der Waals surface area (Å²) in [6.07, 6.45) is 2.13. The summed E-state index contributed by atoms with van der Waals surface area (Å²) in [5.41, 5.74) is 0.924. The molecule has 1 N–H and O–H groups in total. The third-order valence-corrected chi connectivity index (χ3v) is 3.13. The highest BCUT2D eigenvalue weighted by molar-refractivity contribution is 6.00. The lowest BCUT2D eigenvalue weighted by Crippen LogP contribution is -2.40. The van der Waals surface area contributed by atoms with Crippen LogP contribution in [-0.4, -0.2) is 16.8 Å². The Labute approximate surface area is 105 Å². The Hall–Kier alpha value is -1.78. The van der Waals surface area contributed by atoms with Gasteiger partial charge in [0.15, 0.2) is 0 Å². The molecule has 1 atom stereocenters. The quantitative estimate of drug-likeness (QED) is 0.815. The smallest absolute Gasteiger partial charge is 0.235 e. The van der Waals surface area contributed by atoms with Gasteiger partial charge >= 0.3 is 0 Å². The van der Waals surface area contributed by atoms with Crippen molar-refractivity contribution in [3.63, 3.8) is 0 Å². The molecule has 0 unspecified atom stereocenters. The van der Waals surface area contributed by atoms with Crippen LogP contribution in [0.1, 0.15) is 49.8 Å². The van der Waals surface area contributed by atoms with Gasteiger partial charge < -0.3 is 0 Å². The number of hydrogen-bond acceptors (Lipinski definition) is 3. The SMILES string of the molecule is CC(C)c1cnc([C@@H]2CCC(=O)NC2=O)c(F)c1. The van der Waals surface area contributed by atoms with Crippen molar-refractivity contribution in [2.45, 2.75) is 38.5 Å². The van der Waals surface area contributed by atoms with Crippen LogP contribution in [0.25, 0.3) is 0 Å². The fourth-order valence-electron chi connectivity index (χ4n) is 1.99. The van der Waals surface area contributed by atoms with Crippen LogP contribution in [0.4, 0.5) is 4.39 Å². The van der Waals surface area contributed by atoms with Gasteiger partial charge in [0.25, 0.3) is 0 Å². The molecule has 1 fully saturated rings. The van der Waals surface area contributed by atoms with E-state index in [0.29, 0.717) is 6.42 Å². The van der Waals surface area contributed by atoms with Crippen LogP contribution in [0.3, 0.4) is 0 Å². The molecule has 0 spiro atoms. The number of nitrogens with one attached hydrogen (secondary N) is 1. The molecule has 0 saturated carbocycles. The van der Waals surface area contributed by atoms with E-state index in [2.05, 4.69) is 10.3 Å². The summed E-state index contributed by atoms with van der Waals surface area (Å²) < 4.78 is 13.9. The minimum absolute atomic E-state index is 0.129. The van der Waals surface area contributed by atoms with Crippen molar-refractivity contribution in [2.75, 3.05) is 0 Å². The molecule has 5 heteroatoms. The summed E-state index contributed by atoms with van der Waals surface area (Å²) in [6, 6.07) is 1.41. The second-order valence-corrected chi connectivity index (χ2v) is 4.79. The van der Waals surface area contributed by atoms with Crippen LogP contribution in [0.15, 0.2) is 12.3 Å². The lowest BCUT2D eigenvalue weighted by molar-refractivity contribution is -0.134. The van der Waals surface area contributed by atoms with Crippen LogP contribution < -0.4 is 5.32 Å². The number of halogens is 1. The highest BCUT2D eigenvalue weighted by Gasteiger charge is 2.31. The summed E-state index contributed by atoms with van der Waals surface area (Å²) in [5.74, 6) is -1.73. The van der Waals surface area contributed by atoms with Crippen LogP contribution in [0.2, 0.25) is 0 Å². The lowest BCUT2D eigenvalue weighted by Gasteiger charge is -2.21. The van der Waals surface area contributed by atoms with Gasteiger partial charge in [-0.3, -0.25) is 19.9 Å². The lowest BCUT2D eigenvalue weighted by atomic mass is 9.93. The predicted molar refractivity (Wildman–Crippen MR) is 63.4 cm³/mol. The monoisotopic (exact) mass is 250 g/mol. The molecule has 1 aliphatic heterocycles. The van der Waals surface area contributed by atoms with Crippen molar-refractivity contribution < 1.29 is 14.0 Å². The number of amides is 2. The highest BCUT2D eigenvalue weighted by Crippen LogP contribution is 2.26. The number of hydrogen-bond donors (Lipinski definition) is 1. The number of nitrogens with zero attached hydrogens (tertiary/aromatic N) is 1. The number of carbonyl (C=O) groups is 2. The van der Waals surface area contributed by atoms with E-state index < -0.39 is 17.6 Å². The Bertz CT molecular complexity index is 500. The zero-order valence-corrected chi connectivity index (χ0v) is 10.4. The number of rotatable bonds is 2. The first-order valence-corrected chi connectivity index (χ1v) is 5.98. The predicted octanol–water partition coefficient (Wildman–Crippen LogP) is 1.86. The zero-order valence-electron chi connectivity index (χ0n) is 10.4. The largest absolute Gasteiger partial charge is 0.296 e. The van der Waals surface area contributed by atoms with Gasteiger partial charge in [0.05, 0.1) is 11.6 Å². The van der Waals surface area contributed by atoms with Gasteiger partial charge in [0.1, 0.15) is 5.82 Å². The first-order valence-electron chi connectivity index (χ1n) is 5.98. The van der Waals surface area contributed by atoms with Gasteiger partial charge in [0.2, 0.25) is 11.8 Å². The van der Waals surface area contributed by atoms with Crippen LogP contribution in [0.5, 0.6) is 0 Å². The van der Waals surface area contributed by atoms with Gasteiger partial charge in [0, 0.05) is 12.6 Å². The number of pyridine rings is 1. The molecule has 0 radical (unpaired) electrons. The van der Waals surface area contributed by atoms with E-state index in [0.717, 1.165) is 5.56 Å². The van der Waals surface area contributed by atoms with Gasteiger partial charge in [-0.2, -0.15) is 0 Å². The van der Waals surface area contributed by atoms with E-state index in [1.165, 1.54) is 6.07 Å². The molecule has 1 saturated heterocycles. The Morgan fingerprint density at radius 1 is 1.44 bits per heavy atom. The second kappa shape index (κ2) is 4.84. The normalized spacial score (nSPS) is 20.1. The molecular formula is C13H15FN2O2. The zero-order chi connectivity index (χ0) is 13.3. The summed E-state index contributed by atoms with van der Waals surface area (Å²) in [5, 5.41) is 2.21. The Morgan fingerprint density at radius 3 is 2.72 bits per heavy atom. The van der Waals surface area contributed by atoms with Gasteiger partial charge in [-0.25, -0.2) is 4.39 Å². The van der Waals surface area contributed by atoms with E-state index >= 15 is 0 Å². The van der Waals surface area contributed by atoms with E-state index in [1.54, 1.807) is 6.20 Å². The van der Waals surface area contributed by atoms with Gasteiger partial charge in [-0.15, -0.1) is 0 Å². The molecule has 2 amide bonds. The summed E-state index contributed by atoms with van der Waals surface area (Å²) >= 11 is 0. The molecule has 1 aliphatic rings. The molecule has 0 bridgehead atoms. The van der Waals surface area contributed by atoms with Crippen LogP contribution in [0, 0.1) is 5.82 Å². The number of piperidine rings is 1. The molecule has 1 aromatic rings. The molecular weight excluding hydrogens is 235 g/mol. The van der Waals surface area contributed by atoms with Crippen molar-refractivity contribution in [3.05, 3.63) is 29.3 Å². The number of carbonyl (C=O) groups excluding carboxylic acids is 2. The summed E-state index contributed by atoms with van der Waals surface area (Å²) in [6.45, 7) is 3.89. The third kappa shape index (κ3) is 2.39. The maximum atomic E-state index is 13.9. The molecule has 96 valence electrons. The first-order chi connectivity index (χ1) is 8.49. The fourth-order valence-corrected chi connectivity index (χ4v) is 1.99. The Morgan fingerprint density at radius 2 is 2.17 bits per heavy atom. The minimum Gasteiger partial charge on any atom is -0.296 e. The van der Waals surface area contributed by atoms with Crippen molar-refractivity contribution in [1.29, 1.82) is 0 Å². The Kier molecular flexibility index (Phi) is 3.41. The van der Waals surface area contributed by atoms with Crippen molar-refractivity contribution in [2.24, 2.45) is 0 Å². The van der Waals surface area contributed by atoms with Gasteiger partial charge in [-0.1, -0.05) is 13.8 Å². The van der Waals surface area contributed by atoms with Crippen LogP contribution >= 0.6 is 0 Å². The van der Waals surface area contributed by atoms with E-state index in [1.807, 2.05) is 13.8 Å². The molecule has 18 heavy (non-hydrogen) atoms. The number of aromatic nitrogens is 1. The van der Waals surface area contributed by atoms with E-state index in [4.69, 9.17) is 0 Å². The summed E-state index contributed by atoms with van der Waals surface area (Å²) in [7, 11) is 0. The molecule has 0 aliphatic carbocycles. The maximum absolute atomic E-state index is 13.9. The van der Waals surface area contributed by atoms with E-state index in [9.17, 15) is 14.0 Å². The second-order valence-electron chi connectivity index (χ2n) is 4.79. The Balaban J connectivity index is 2.28.